The van der Waals surface area contributed by atoms with Gasteiger partial charge in [-0.05, 0) is 18.9 Å². The van der Waals surface area contributed by atoms with Crippen molar-refractivity contribution in [1.29, 1.82) is 0 Å². The fourth-order valence-corrected chi connectivity index (χ4v) is 2.47. The first-order valence-electron chi connectivity index (χ1n) is 5.87. The molecular weight excluding hydrogens is 200 g/mol. The quantitative estimate of drug-likeness (QED) is 0.838. The summed E-state index contributed by atoms with van der Waals surface area (Å²) in [4.78, 5) is 14.3. The minimum Gasteiger partial charge on any atom is -0.355 e. The van der Waals surface area contributed by atoms with E-state index in [0.717, 1.165) is 17.0 Å². The van der Waals surface area contributed by atoms with Gasteiger partial charge in [-0.15, -0.1) is 0 Å². The van der Waals surface area contributed by atoms with E-state index in [9.17, 15) is 0 Å². The number of aromatic amines is 1. The van der Waals surface area contributed by atoms with E-state index in [4.69, 9.17) is 0 Å². The van der Waals surface area contributed by atoms with E-state index in [1.807, 2.05) is 18.5 Å². The van der Waals surface area contributed by atoms with Crippen LogP contribution in [0.2, 0.25) is 0 Å². The molecule has 0 aromatic carbocycles. The molecule has 0 spiro atoms. The largest absolute Gasteiger partial charge is 0.355 e. The van der Waals surface area contributed by atoms with Gasteiger partial charge in [-0.25, -0.2) is 9.97 Å². The third-order valence-electron chi connectivity index (χ3n) is 3.48. The molecule has 1 N–H and O–H groups in total. The zero-order valence-electron chi connectivity index (χ0n) is 9.48. The van der Waals surface area contributed by atoms with Crippen LogP contribution in [0.4, 0.5) is 5.82 Å². The molecule has 0 unspecified atom stereocenters. The standard InChI is InChI=1S/C12H16N4/c1-16(9-4-2-3-5-9)11-8-14-12-10(15-11)6-7-13-12/h6-9H,2-5H2,1H3,(H,13,14). The molecule has 1 aliphatic carbocycles. The summed E-state index contributed by atoms with van der Waals surface area (Å²) >= 11 is 0. The second-order valence-corrected chi connectivity index (χ2v) is 4.49. The van der Waals surface area contributed by atoms with Gasteiger partial charge in [-0.1, -0.05) is 12.8 Å². The summed E-state index contributed by atoms with van der Waals surface area (Å²) < 4.78 is 0. The van der Waals surface area contributed by atoms with Crippen molar-refractivity contribution in [2.24, 2.45) is 0 Å². The van der Waals surface area contributed by atoms with Gasteiger partial charge in [0.15, 0.2) is 5.65 Å². The molecule has 16 heavy (non-hydrogen) atoms. The maximum Gasteiger partial charge on any atom is 0.156 e. The second kappa shape index (κ2) is 3.77. The molecule has 4 nitrogen and oxygen atoms in total. The molecule has 0 aliphatic heterocycles. The summed E-state index contributed by atoms with van der Waals surface area (Å²) in [5, 5.41) is 0. The average molecular weight is 216 g/mol. The molecule has 0 saturated heterocycles. The van der Waals surface area contributed by atoms with E-state index in [2.05, 4.69) is 26.9 Å². The fraction of sp³-hybridized carbons (Fsp3) is 0.500. The molecule has 1 fully saturated rings. The van der Waals surface area contributed by atoms with Gasteiger partial charge in [0.1, 0.15) is 11.3 Å². The van der Waals surface area contributed by atoms with E-state index in [1.165, 1.54) is 25.7 Å². The van der Waals surface area contributed by atoms with Crippen molar-refractivity contribution < 1.29 is 0 Å². The molecule has 3 rings (SSSR count). The van der Waals surface area contributed by atoms with Gasteiger partial charge in [0.2, 0.25) is 0 Å². The van der Waals surface area contributed by atoms with E-state index < -0.39 is 0 Å². The Hall–Kier alpha value is -1.58. The van der Waals surface area contributed by atoms with Crippen molar-refractivity contribution >= 4 is 17.0 Å². The number of hydrogen-bond donors (Lipinski definition) is 1. The van der Waals surface area contributed by atoms with Crippen LogP contribution in [0.15, 0.2) is 18.5 Å². The van der Waals surface area contributed by atoms with Crippen molar-refractivity contribution in [3.63, 3.8) is 0 Å². The zero-order valence-corrected chi connectivity index (χ0v) is 9.48. The Labute approximate surface area is 94.7 Å². The molecule has 0 bridgehead atoms. The number of H-pyrrole nitrogens is 1. The van der Waals surface area contributed by atoms with E-state index >= 15 is 0 Å². The first kappa shape index (κ1) is 9.63. The normalized spacial score (nSPS) is 17.1. The predicted octanol–water partition coefficient (Wildman–Crippen LogP) is 2.34. The van der Waals surface area contributed by atoms with Crippen LogP contribution in [0.1, 0.15) is 25.7 Å². The number of rotatable bonds is 2. The molecule has 1 aliphatic rings. The lowest BCUT2D eigenvalue weighted by atomic mass is 10.2. The average Bonchev–Trinajstić information content (AvgIpc) is 2.98. The SMILES string of the molecule is CN(c1cnc2[nH]ccc2n1)C1CCCC1. The Kier molecular flexibility index (Phi) is 2.27. The molecular formula is C12H16N4. The Morgan fingerprint density at radius 3 is 3.00 bits per heavy atom. The number of anilines is 1. The summed E-state index contributed by atoms with van der Waals surface area (Å²) in [6, 6.07) is 2.61. The summed E-state index contributed by atoms with van der Waals surface area (Å²) in [5.74, 6) is 0.985. The highest BCUT2D eigenvalue weighted by molar-refractivity contribution is 5.71. The number of aromatic nitrogens is 3. The van der Waals surface area contributed by atoms with Gasteiger partial charge < -0.3 is 9.88 Å². The van der Waals surface area contributed by atoms with Crippen molar-refractivity contribution in [3.8, 4) is 0 Å². The van der Waals surface area contributed by atoms with Crippen molar-refractivity contribution in [1.82, 2.24) is 15.0 Å². The summed E-state index contributed by atoms with van der Waals surface area (Å²) in [5.41, 5.74) is 1.81. The van der Waals surface area contributed by atoms with E-state index in [1.54, 1.807) is 0 Å². The Morgan fingerprint density at radius 2 is 2.19 bits per heavy atom. The number of nitrogens with one attached hydrogen (secondary N) is 1. The van der Waals surface area contributed by atoms with Gasteiger partial charge in [0, 0.05) is 19.3 Å². The number of fused-ring (bicyclic) bond motifs is 1. The molecule has 2 heterocycles. The van der Waals surface area contributed by atoms with Gasteiger partial charge in [0.25, 0.3) is 0 Å². The van der Waals surface area contributed by atoms with E-state index in [0.29, 0.717) is 6.04 Å². The lowest BCUT2D eigenvalue weighted by Crippen LogP contribution is -2.29. The molecule has 0 atom stereocenters. The lowest BCUT2D eigenvalue weighted by Gasteiger charge is -2.24. The van der Waals surface area contributed by atoms with Crippen molar-refractivity contribution in [2.45, 2.75) is 31.7 Å². The minimum atomic E-state index is 0.644. The Morgan fingerprint density at radius 1 is 1.38 bits per heavy atom. The zero-order chi connectivity index (χ0) is 11.0. The predicted molar refractivity (Wildman–Crippen MR) is 64.5 cm³/mol. The highest BCUT2D eigenvalue weighted by atomic mass is 15.2. The van der Waals surface area contributed by atoms with Crippen LogP contribution < -0.4 is 4.90 Å². The van der Waals surface area contributed by atoms with Crippen molar-refractivity contribution in [3.05, 3.63) is 18.5 Å². The Balaban J connectivity index is 1.91. The van der Waals surface area contributed by atoms with Gasteiger partial charge >= 0.3 is 0 Å². The third kappa shape index (κ3) is 1.54. The summed E-state index contributed by atoms with van der Waals surface area (Å²) in [6.45, 7) is 0. The van der Waals surface area contributed by atoms with Crippen LogP contribution in [0.25, 0.3) is 11.2 Å². The highest BCUT2D eigenvalue weighted by Gasteiger charge is 2.20. The maximum absolute atomic E-state index is 4.61. The smallest absolute Gasteiger partial charge is 0.156 e. The molecule has 0 radical (unpaired) electrons. The molecule has 2 aromatic rings. The van der Waals surface area contributed by atoms with Gasteiger partial charge in [0.05, 0.1) is 6.20 Å². The number of nitrogens with zero attached hydrogens (tertiary/aromatic N) is 3. The van der Waals surface area contributed by atoms with Crippen molar-refractivity contribution in [2.75, 3.05) is 11.9 Å². The Bertz CT molecular complexity index is 484. The third-order valence-corrected chi connectivity index (χ3v) is 3.48. The molecule has 4 heteroatoms. The summed E-state index contributed by atoms with van der Waals surface area (Å²) in [7, 11) is 2.12. The van der Waals surface area contributed by atoms with Crippen LogP contribution >= 0.6 is 0 Å². The second-order valence-electron chi connectivity index (χ2n) is 4.49. The molecule has 0 amide bonds. The molecule has 2 aromatic heterocycles. The monoisotopic (exact) mass is 216 g/mol. The van der Waals surface area contributed by atoms with Crippen LogP contribution in [0.3, 0.4) is 0 Å². The first-order valence-corrected chi connectivity index (χ1v) is 5.87. The topological polar surface area (TPSA) is 44.8 Å². The maximum atomic E-state index is 4.61. The van der Waals surface area contributed by atoms with Crippen LogP contribution in [-0.4, -0.2) is 28.0 Å². The lowest BCUT2D eigenvalue weighted by molar-refractivity contribution is 0.646. The molecule has 1 saturated carbocycles. The van der Waals surface area contributed by atoms with Crippen LogP contribution in [-0.2, 0) is 0 Å². The highest BCUT2D eigenvalue weighted by Crippen LogP contribution is 2.26. The van der Waals surface area contributed by atoms with Gasteiger partial charge in [-0.2, -0.15) is 0 Å². The van der Waals surface area contributed by atoms with Gasteiger partial charge in [-0.3, -0.25) is 0 Å². The van der Waals surface area contributed by atoms with E-state index in [-0.39, 0.29) is 0 Å². The first-order chi connectivity index (χ1) is 7.84. The van der Waals surface area contributed by atoms with Crippen LogP contribution in [0, 0.1) is 0 Å². The molecule has 84 valence electrons. The number of hydrogen-bond acceptors (Lipinski definition) is 3. The minimum absolute atomic E-state index is 0.644. The van der Waals surface area contributed by atoms with Crippen LogP contribution in [0.5, 0.6) is 0 Å². The summed E-state index contributed by atoms with van der Waals surface area (Å²) in [6.07, 6.45) is 8.98. The fourth-order valence-electron chi connectivity index (χ4n) is 2.47.